The topological polar surface area (TPSA) is 50.8 Å². The van der Waals surface area contributed by atoms with Crippen molar-refractivity contribution in [3.05, 3.63) is 48.0 Å². The van der Waals surface area contributed by atoms with Crippen molar-refractivity contribution in [1.82, 2.24) is 0 Å². The number of amides is 1. The number of rotatable bonds is 5. The standard InChI is InChI=1S/C19H22N2O3/c1-13-10-14-6-4-5-7-17(14)21(13)19(22)12-20-16-11-15(23-2)8-9-18(16)24-3/h4-9,11,13,20H,10,12H2,1-3H3. The van der Waals surface area contributed by atoms with Crippen LogP contribution in [0.1, 0.15) is 12.5 Å². The summed E-state index contributed by atoms with van der Waals surface area (Å²) < 4.78 is 10.6. The molecule has 0 saturated carbocycles. The molecule has 0 saturated heterocycles. The van der Waals surface area contributed by atoms with Gasteiger partial charge in [0.05, 0.1) is 26.5 Å². The zero-order valence-corrected chi connectivity index (χ0v) is 14.2. The Morgan fingerprint density at radius 3 is 2.75 bits per heavy atom. The Bertz CT molecular complexity index is 745. The Morgan fingerprint density at radius 1 is 1.21 bits per heavy atom. The van der Waals surface area contributed by atoms with E-state index in [0.717, 1.165) is 17.8 Å². The van der Waals surface area contributed by atoms with Gasteiger partial charge in [0, 0.05) is 17.8 Å². The fraction of sp³-hybridized carbons (Fsp3) is 0.316. The first-order valence-electron chi connectivity index (χ1n) is 8.00. The number of carbonyl (C=O) groups is 1. The van der Waals surface area contributed by atoms with E-state index in [4.69, 9.17) is 9.47 Å². The van der Waals surface area contributed by atoms with Crippen molar-refractivity contribution in [2.75, 3.05) is 31.0 Å². The van der Waals surface area contributed by atoms with Gasteiger partial charge in [-0.2, -0.15) is 0 Å². The first-order valence-corrected chi connectivity index (χ1v) is 8.00. The molecule has 1 aliphatic heterocycles. The molecule has 0 radical (unpaired) electrons. The molecule has 0 spiro atoms. The van der Waals surface area contributed by atoms with Gasteiger partial charge < -0.3 is 19.7 Å². The monoisotopic (exact) mass is 326 g/mol. The van der Waals surface area contributed by atoms with Crippen LogP contribution in [0.5, 0.6) is 11.5 Å². The lowest BCUT2D eigenvalue weighted by Crippen LogP contribution is -2.39. The molecule has 1 aliphatic rings. The summed E-state index contributed by atoms with van der Waals surface area (Å²) in [5, 5.41) is 3.17. The highest BCUT2D eigenvalue weighted by atomic mass is 16.5. The molecule has 1 unspecified atom stereocenters. The Hall–Kier alpha value is -2.69. The average molecular weight is 326 g/mol. The number of ether oxygens (including phenoxy) is 2. The Kier molecular flexibility index (Phi) is 4.60. The van der Waals surface area contributed by atoms with E-state index in [1.807, 2.05) is 41.3 Å². The summed E-state index contributed by atoms with van der Waals surface area (Å²) in [6.07, 6.45) is 0.893. The van der Waals surface area contributed by atoms with Crippen molar-refractivity contribution in [2.45, 2.75) is 19.4 Å². The summed E-state index contributed by atoms with van der Waals surface area (Å²) in [6.45, 7) is 2.27. The van der Waals surface area contributed by atoms with Gasteiger partial charge in [0.1, 0.15) is 11.5 Å². The van der Waals surface area contributed by atoms with Crippen LogP contribution in [0.15, 0.2) is 42.5 Å². The molecule has 5 nitrogen and oxygen atoms in total. The first kappa shape index (κ1) is 16.2. The quantitative estimate of drug-likeness (QED) is 0.917. The normalized spacial score (nSPS) is 15.8. The third-order valence-corrected chi connectivity index (χ3v) is 4.31. The van der Waals surface area contributed by atoms with Crippen LogP contribution < -0.4 is 19.7 Å². The average Bonchev–Trinajstić information content (AvgIpc) is 2.95. The maximum Gasteiger partial charge on any atom is 0.246 e. The molecule has 2 aromatic rings. The Labute approximate surface area is 142 Å². The van der Waals surface area contributed by atoms with E-state index >= 15 is 0 Å². The molecule has 0 fully saturated rings. The summed E-state index contributed by atoms with van der Waals surface area (Å²) >= 11 is 0. The number of anilines is 2. The van der Waals surface area contributed by atoms with Crippen LogP contribution in [0.3, 0.4) is 0 Å². The maximum atomic E-state index is 12.7. The highest BCUT2D eigenvalue weighted by Crippen LogP contribution is 2.32. The summed E-state index contributed by atoms with van der Waals surface area (Å²) in [4.78, 5) is 14.6. The van der Waals surface area contributed by atoms with Gasteiger partial charge in [0.25, 0.3) is 0 Å². The molecule has 3 rings (SSSR count). The molecule has 0 aliphatic carbocycles. The van der Waals surface area contributed by atoms with Gasteiger partial charge in [-0.3, -0.25) is 4.79 Å². The van der Waals surface area contributed by atoms with Gasteiger partial charge in [0.2, 0.25) is 5.91 Å². The molecular formula is C19H22N2O3. The lowest BCUT2D eigenvalue weighted by molar-refractivity contribution is -0.117. The molecule has 1 heterocycles. The number of nitrogens with one attached hydrogen (secondary N) is 1. The van der Waals surface area contributed by atoms with Gasteiger partial charge in [-0.15, -0.1) is 0 Å². The van der Waals surface area contributed by atoms with Crippen molar-refractivity contribution in [1.29, 1.82) is 0 Å². The predicted molar refractivity (Wildman–Crippen MR) is 95.1 cm³/mol. The summed E-state index contributed by atoms with van der Waals surface area (Å²) in [5.41, 5.74) is 2.97. The molecule has 0 aromatic heterocycles. The molecular weight excluding hydrogens is 304 g/mol. The third kappa shape index (κ3) is 3.02. The van der Waals surface area contributed by atoms with Gasteiger partial charge in [0.15, 0.2) is 0 Å². The zero-order valence-electron chi connectivity index (χ0n) is 14.2. The van der Waals surface area contributed by atoms with E-state index in [1.54, 1.807) is 14.2 Å². The van der Waals surface area contributed by atoms with Gasteiger partial charge >= 0.3 is 0 Å². The van der Waals surface area contributed by atoms with Crippen LogP contribution in [-0.4, -0.2) is 32.7 Å². The van der Waals surface area contributed by atoms with Gasteiger partial charge in [-0.1, -0.05) is 18.2 Å². The number of fused-ring (bicyclic) bond motifs is 1. The van der Waals surface area contributed by atoms with E-state index in [9.17, 15) is 4.79 Å². The van der Waals surface area contributed by atoms with Crippen LogP contribution >= 0.6 is 0 Å². The Morgan fingerprint density at radius 2 is 2.00 bits per heavy atom. The second-order valence-corrected chi connectivity index (χ2v) is 5.87. The lowest BCUT2D eigenvalue weighted by Gasteiger charge is -2.23. The maximum absolute atomic E-state index is 12.7. The van der Waals surface area contributed by atoms with E-state index in [0.29, 0.717) is 11.5 Å². The molecule has 24 heavy (non-hydrogen) atoms. The molecule has 2 aromatic carbocycles. The van der Waals surface area contributed by atoms with Crippen LogP contribution in [0.4, 0.5) is 11.4 Å². The molecule has 0 bridgehead atoms. The number of benzene rings is 2. The molecule has 1 amide bonds. The van der Waals surface area contributed by atoms with Gasteiger partial charge in [-0.05, 0) is 37.1 Å². The van der Waals surface area contributed by atoms with Crippen molar-refractivity contribution < 1.29 is 14.3 Å². The number of hydrogen-bond donors (Lipinski definition) is 1. The van der Waals surface area contributed by atoms with Crippen molar-refractivity contribution in [3.8, 4) is 11.5 Å². The van der Waals surface area contributed by atoms with Crippen LogP contribution in [0, 0.1) is 0 Å². The minimum Gasteiger partial charge on any atom is -0.497 e. The van der Waals surface area contributed by atoms with Gasteiger partial charge in [-0.25, -0.2) is 0 Å². The molecule has 1 atom stereocenters. The smallest absolute Gasteiger partial charge is 0.246 e. The van der Waals surface area contributed by atoms with Crippen molar-refractivity contribution in [2.24, 2.45) is 0 Å². The summed E-state index contributed by atoms with van der Waals surface area (Å²) in [6, 6.07) is 13.7. The fourth-order valence-corrected chi connectivity index (χ4v) is 3.15. The third-order valence-electron chi connectivity index (χ3n) is 4.31. The second-order valence-electron chi connectivity index (χ2n) is 5.87. The number of nitrogens with zero attached hydrogens (tertiary/aromatic N) is 1. The minimum atomic E-state index is 0.0392. The molecule has 5 heteroatoms. The van der Waals surface area contributed by atoms with E-state index in [-0.39, 0.29) is 18.5 Å². The van der Waals surface area contributed by atoms with Crippen LogP contribution in [0.25, 0.3) is 0 Å². The van der Waals surface area contributed by atoms with Crippen LogP contribution in [0.2, 0.25) is 0 Å². The van der Waals surface area contributed by atoms with E-state index in [2.05, 4.69) is 18.3 Å². The molecule has 1 N–H and O–H groups in total. The van der Waals surface area contributed by atoms with Crippen LogP contribution in [-0.2, 0) is 11.2 Å². The lowest BCUT2D eigenvalue weighted by atomic mass is 10.1. The highest BCUT2D eigenvalue weighted by Gasteiger charge is 2.30. The van der Waals surface area contributed by atoms with Crippen molar-refractivity contribution >= 4 is 17.3 Å². The Balaban J connectivity index is 1.75. The number of carbonyl (C=O) groups excluding carboxylic acids is 1. The largest absolute Gasteiger partial charge is 0.497 e. The zero-order chi connectivity index (χ0) is 17.1. The highest BCUT2D eigenvalue weighted by molar-refractivity contribution is 5.98. The first-order chi connectivity index (χ1) is 11.6. The number of methoxy groups -OCH3 is 2. The van der Waals surface area contributed by atoms with E-state index in [1.165, 1.54) is 5.56 Å². The second kappa shape index (κ2) is 6.83. The minimum absolute atomic E-state index is 0.0392. The summed E-state index contributed by atoms with van der Waals surface area (Å²) in [7, 11) is 3.22. The molecule has 126 valence electrons. The SMILES string of the molecule is COc1ccc(OC)c(NCC(=O)N2c3ccccc3CC2C)c1. The fourth-order valence-electron chi connectivity index (χ4n) is 3.15. The predicted octanol–water partition coefficient (Wildman–Crippen LogP) is 3.09. The van der Waals surface area contributed by atoms with E-state index < -0.39 is 0 Å². The number of para-hydroxylation sites is 1. The van der Waals surface area contributed by atoms with Crippen molar-refractivity contribution in [3.63, 3.8) is 0 Å². The number of hydrogen-bond acceptors (Lipinski definition) is 4. The summed E-state index contributed by atoms with van der Waals surface area (Å²) in [5.74, 6) is 1.43.